The van der Waals surface area contributed by atoms with E-state index < -0.39 is 0 Å². The Kier molecular flexibility index (Phi) is 7.29. The lowest BCUT2D eigenvalue weighted by atomic mass is 9.86. The Morgan fingerprint density at radius 2 is 1.88 bits per heavy atom. The van der Waals surface area contributed by atoms with E-state index in [2.05, 4.69) is 20.3 Å². The molecule has 0 aliphatic heterocycles. The highest BCUT2D eigenvalue weighted by molar-refractivity contribution is 6.30. The third kappa shape index (κ3) is 5.60. The highest BCUT2D eigenvalue weighted by Gasteiger charge is 2.24. The molecule has 1 aromatic carbocycles. The number of pyridine rings is 1. The molecule has 7 nitrogen and oxygen atoms in total. The molecular formula is C24H25ClN4O3. The highest BCUT2D eigenvalue weighted by Crippen LogP contribution is 2.30. The standard InChI is InChI=1S/C24H25ClN4O3/c25-19-8-6-16(7-9-19)20-12-18(23(31)28-13-17-4-1-2-5-21(17)30)14-29-24(20)32-15-22-26-10-3-11-27-22/h3,6-12,14,17,21,30H,1-2,4-5,13,15H2,(H,28,31). The van der Waals surface area contributed by atoms with Crippen LogP contribution in [-0.4, -0.2) is 38.6 Å². The summed E-state index contributed by atoms with van der Waals surface area (Å²) in [6.07, 6.45) is 8.26. The van der Waals surface area contributed by atoms with Gasteiger partial charge >= 0.3 is 0 Å². The van der Waals surface area contributed by atoms with Crippen molar-refractivity contribution >= 4 is 17.5 Å². The normalized spacial score (nSPS) is 18.2. The van der Waals surface area contributed by atoms with Crippen LogP contribution in [0.4, 0.5) is 0 Å². The molecule has 32 heavy (non-hydrogen) atoms. The van der Waals surface area contributed by atoms with Crippen LogP contribution in [0.2, 0.25) is 5.02 Å². The molecular weight excluding hydrogens is 428 g/mol. The Balaban J connectivity index is 1.53. The Morgan fingerprint density at radius 1 is 1.12 bits per heavy atom. The minimum Gasteiger partial charge on any atom is -0.469 e. The summed E-state index contributed by atoms with van der Waals surface area (Å²) in [5.41, 5.74) is 1.91. The molecule has 2 heterocycles. The number of aliphatic hydroxyl groups is 1. The van der Waals surface area contributed by atoms with Crippen LogP contribution in [0.5, 0.6) is 5.88 Å². The molecule has 1 aliphatic rings. The van der Waals surface area contributed by atoms with Crippen molar-refractivity contribution in [1.82, 2.24) is 20.3 Å². The Bertz CT molecular complexity index is 1050. The number of carbonyl (C=O) groups excluding carboxylic acids is 1. The first kappa shape index (κ1) is 22.2. The maximum absolute atomic E-state index is 12.8. The van der Waals surface area contributed by atoms with Gasteiger partial charge in [-0.15, -0.1) is 0 Å². The molecule has 0 bridgehead atoms. The molecule has 1 amide bonds. The van der Waals surface area contributed by atoms with Crippen LogP contribution < -0.4 is 10.1 Å². The Morgan fingerprint density at radius 3 is 2.62 bits per heavy atom. The molecule has 1 saturated carbocycles. The number of rotatable bonds is 7. The number of benzene rings is 1. The van der Waals surface area contributed by atoms with Crippen molar-refractivity contribution in [2.45, 2.75) is 38.4 Å². The summed E-state index contributed by atoms with van der Waals surface area (Å²) < 4.78 is 5.88. The lowest BCUT2D eigenvalue weighted by molar-refractivity contribution is 0.0663. The molecule has 2 aromatic heterocycles. The summed E-state index contributed by atoms with van der Waals surface area (Å²) in [5.74, 6) is 0.761. The molecule has 2 unspecified atom stereocenters. The summed E-state index contributed by atoms with van der Waals surface area (Å²) in [7, 11) is 0. The fraction of sp³-hybridized carbons (Fsp3) is 0.333. The number of hydrogen-bond donors (Lipinski definition) is 2. The summed E-state index contributed by atoms with van der Waals surface area (Å²) in [6.45, 7) is 0.597. The fourth-order valence-electron chi connectivity index (χ4n) is 3.82. The van der Waals surface area contributed by atoms with Gasteiger partial charge in [0, 0.05) is 41.6 Å². The predicted octanol–water partition coefficient (Wildman–Crippen LogP) is 4.05. The zero-order valence-corrected chi connectivity index (χ0v) is 18.3. The molecule has 3 aromatic rings. The minimum absolute atomic E-state index is 0.0878. The number of hydrogen-bond acceptors (Lipinski definition) is 6. The smallest absolute Gasteiger partial charge is 0.252 e. The van der Waals surface area contributed by atoms with Crippen LogP contribution in [0.15, 0.2) is 55.0 Å². The van der Waals surface area contributed by atoms with Gasteiger partial charge in [0.25, 0.3) is 5.91 Å². The van der Waals surface area contributed by atoms with Gasteiger partial charge in [-0.25, -0.2) is 15.0 Å². The Hall–Kier alpha value is -3.03. The second kappa shape index (κ2) is 10.5. The number of nitrogens with one attached hydrogen (secondary N) is 1. The zero-order chi connectivity index (χ0) is 22.3. The monoisotopic (exact) mass is 452 g/mol. The number of nitrogens with zero attached hydrogens (tertiary/aromatic N) is 3. The topological polar surface area (TPSA) is 97.2 Å². The average molecular weight is 453 g/mol. The van der Waals surface area contributed by atoms with Crippen LogP contribution in [0.1, 0.15) is 41.9 Å². The van der Waals surface area contributed by atoms with Crippen LogP contribution in [-0.2, 0) is 6.61 Å². The zero-order valence-electron chi connectivity index (χ0n) is 17.6. The third-order valence-corrected chi connectivity index (χ3v) is 5.87. The Labute approximate surface area is 191 Å². The summed E-state index contributed by atoms with van der Waals surface area (Å²) >= 11 is 6.04. The third-order valence-electron chi connectivity index (χ3n) is 5.62. The van der Waals surface area contributed by atoms with E-state index >= 15 is 0 Å². The lowest BCUT2D eigenvalue weighted by Gasteiger charge is -2.27. The summed E-state index contributed by atoms with van der Waals surface area (Å²) in [4.78, 5) is 25.5. The van der Waals surface area contributed by atoms with E-state index in [1.165, 1.54) is 6.20 Å². The van der Waals surface area contributed by atoms with Crippen LogP contribution >= 0.6 is 11.6 Å². The first-order valence-electron chi connectivity index (χ1n) is 10.7. The van der Waals surface area contributed by atoms with E-state index in [9.17, 15) is 9.90 Å². The van der Waals surface area contributed by atoms with Crippen molar-refractivity contribution < 1.29 is 14.6 Å². The van der Waals surface area contributed by atoms with Crippen molar-refractivity contribution in [3.8, 4) is 17.0 Å². The summed E-state index contributed by atoms with van der Waals surface area (Å²) in [5, 5.41) is 13.7. The van der Waals surface area contributed by atoms with Crippen LogP contribution in [0.3, 0.4) is 0 Å². The molecule has 0 radical (unpaired) electrons. The van der Waals surface area contributed by atoms with E-state index in [0.717, 1.165) is 31.2 Å². The van der Waals surface area contributed by atoms with Gasteiger partial charge in [-0.1, -0.05) is 36.6 Å². The van der Waals surface area contributed by atoms with Crippen molar-refractivity contribution in [2.24, 2.45) is 5.92 Å². The molecule has 1 aliphatic carbocycles. The van der Waals surface area contributed by atoms with Crippen molar-refractivity contribution in [1.29, 1.82) is 0 Å². The lowest BCUT2D eigenvalue weighted by Crippen LogP contribution is -2.36. The van der Waals surface area contributed by atoms with Gasteiger partial charge < -0.3 is 15.2 Å². The molecule has 0 saturated heterocycles. The van der Waals surface area contributed by atoms with Crippen molar-refractivity contribution in [3.63, 3.8) is 0 Å². The van der Waals surface area contributed by atoms with Gasteiger partial charge in [0.05, 0.1) is 11.7 Å². The van der Waals surface area contributed by atoms with Crippen LogP contribution in [0, 0.1) is 5.92 Å². The number of amides is 1. The second-order valence-corrected chi connectivity index (χ2v) is 8.30. The number of aliphatic hydroxyl groups excluding tert-OH is 1. The van der Waals surface area contributed by atoms with E-state index in [1.807, 2.05) is 12.1 Å². The maximum atomic E-state index is 12.8. The average Bonchev–Trinajstić information content (AvgIpc) is 2.83. The van der Waals surface area contributed by atoms with E-state index in [0.29, 0.717) is 34.4 Å². The number of carbonyl (C=O) groups is 1. The number of aromatic nitrogens is 3. The van der Waals surface area contributed by atoms with E-state index in [-0.39, 0.29) is 24.5 Å². The first-order chi connectivity index (χ1) is 15.6. The van der Waals surface area contributed by atoms with Gasteiger partial charge in [-0.2, -0.15) is 0 Å². The number of halogens is 1. The largest absolute Gasteiger partial charge is 0.469 e. The molecule has 2 N–H and O–H groups in total. The van der Waals surface area contributed by atoms with Crippen molar-refractivity contribution in [2.75, 3.05) is 6.54 Å². The molecule has 1 fully saturated rings. The number of ether oxygens (including phenoxy) is 1. The summed E-state index contributed by atoms with van der Waals surface area (Å²) in [6, 6.07) is 10.7. The van der Waals surface area contributed by atoms with Gasteiger partial charge in [-0.3, -0.25) is 4.79 Å². The molecule has 8 heteroatoms. The second-order valence-electron chi connectivity index (χ2n) is 7.86. The molecule has 2 atom stereocenters. The van der Waals surface area contributed by atoms with Gasteiger partial charge in [0.2, 0.25) is 5.88 Å². The van der Waals surface area contributed by atoms with Gasteiger partial charge in [-0.05, 0) is 42.7 Å². The van der Waals surface area contributed by atoms with Gasteiger partial charge in [0.15, 0.2) is 5.82 Å². The first-order valence-corrected chi connectivity index (χ1v) is 11.1. The quantitative estimate of drug-likeness (QED) is 0.561. The molecule has 0 spiro atoms. The SMILES string of the molecule is O=C(NCC1CCCCC1O)c1cnc(OCc2ncccn2)c(-c2ccc(Cl)cc2)c1. The molecule has 166 valence electrons. The van der Waals surface area contributed by atoms with Crippen molar-refractivity contribution in [3.05, 3.63) is 71.4 Å². The predicted molar refractivity (Wildman–Crippen MR) is 121 cm³/mol. The van der Waals surface area contributed by atoms with E-state index in [1.54, 1.807) is 36.7 Å². The van der Waals surface area contributed by atoms with Gasteiger partial charge in [0.1, 0.15) is 6.61 Å². The maximum Gasteiger partial charge on any atom is 0.252 e. The van der Waals surface area contributed by atoms with Crippen LogP contribution in [0.25, 0.3) is 11.1 Å². The minimum atomic E-state index is -0.359. The molecule has 4 rings (SSSR count). The fourth-order valence-corrected chi connectivity index (χ4v) is 3.94. The highest BCUT2D eigenvalue weighted by atomic mass is 35.5. The van der Waals surface area contributed by atoms with E-state index in [4.69, 9.17) is 16.3 Å².